The number of amides is 1. The summed E-state index contributed by atoms with van der Waals surface area (Å²) in [5.74, 6) is 0.725. The van der Waals surface area contributed by atoms with Crippen molar-refractivity contribution in [1.29, 1.82) is 0 Å². The standard InChI is InChI=1S/C16H19N3O3S/c1-21-12-6-3-2-5-11(12)8-9-14(20)17-16-19-18-15(23-16)13-7-4-10-22-13/h2-3,5-6,13H,4,7-10H2,1H3,(H,17,19,20)/t13-/m0/s1. The molecule has 23 heavy (non-hydrogen) atoms. The van der Waals surface area contributed by atoms with Gasteiger partial charge < -0.3 is 14.8 Å². The lowest BCUT2D eigenvalue weighted by Crippen LogP contribution is -2.12. The fourth-order valence-corrected chi connectivity index (χ4v) is 3.37. The monoisotopic (exact) mass is 333 g/mol. The van der Waals surface area contributed by atoms with Crippen LogP contribution in [0.3, 0.4) is 0 Å². The first kappa shape index (κ1) is 15.9. The lowest BCUT2D eigenvalue weighted by atomic mass is 10.1. The minimum atomic E-state index is -0.0778. The van der Waals surface area contributed by atoms with Gasteiger partial charge in [-0.15, -0.1) is 10.2 Å². The van der Waals surface area contributed by atoms with E-state index >= 15 is 0 Å². The van der Waals surface area contributed by atoms with Gasteiger partial charge in [0.05, 0.1) is 7.11 Å². The van der Waals surface area contributed by atoms with Crippen LogP contribution < -0.4 is 10.1 Å². The van der Waals surface area contributed by atoms with E-state index in [1.54, 1.807) is 7.11 Å². The van der Waals surface area contributed by atoms with Gasteiger partial charge in [0.2, 0.25) is 11.0 Å². The zero-order valence-electron chi connectivity index (χ0n) is 12.9. The number of nitrogens with zero attached hydrogens (tertiary/aromatic N) is 2. The average Bonchev–Trinajstić information content (AvgIpc) is 3.24. The second kappa shape index (κ2) is 7.52. The molecule has 7 heteroatoms. The predicted molar refractivity (Wildman–Crippen MR) is 87.8 cm³/mol. The Morgan fingerprint density at radius 2 is 2.30 bits per heavy atom. The topological polar surface area (TPSA) is 73.3 Å². The Bertz CT molecular complexity index is 668. The third-order valence-corrected chi connectivity index (χ3v) is 4.64. The van der Waals surface area contributed by atoms with E-state index in [1.807, 2.05) is 24.3 Å². The number of benzene rings is 1. The van der Waals surface area contributed by atoms with Gasteiger partial charge in [0.25, 0.3) is 0 Å². The summed E-state index contributed by atoms with van der Waals surface area (Å²) < 4.78 is 10.9. The number of hydrogen-bond acceptors (Lipinski definition) is 6. The summed E-state index contributed by atoms with van der Waals surface area (Å²) in [6.45, 7) is 0.769. The number of para-hydroxylation sites is 1. The van der Waals surface area contributed by atoms with Crippen molar-refractivity contribution in [3.63, 3.8) is 0 Å². The Balaban J connectivity index is 1.53. The molecule has 0 bridgehead atoms. The highest BCUT2D eigenvalue weighted by Gasteiger charge is 2.22. The zero-order chi connectivity index (χ0) is 16.1. The van der Waals surface area contributed by atoms with E-state index in [-0.39, 0.29) is 12.0 Å². The number of methoxy groups -OCH3 is 1. The van der Waals surface area contributed by atoms with Crippen LogP contribution in [0.1, 0.15) is 35.9 Å². The molecule has 1 aliphatic heterocycles. The van der Waals surface area contributed by atoms with Gasteiger partial charge in [-0.1, -0.05) is 29.5 Å². The normalized spacial score (nSPS) is 17.2. The summed E-state index contributed by atoms with van der Waals surface area (Å²) in [7, 11) is 1.63. The number of carbonyl (C=O) groups excluding carboxylic acids is 1. The molecule has 1 amide bonds. The van der Waals surface area contributed by atoms with E-state index in [0.717, 1.165) is 35.8 Å². The molecule has 0 saturated carbocycles. The SMILES string of the molecule is COc1ccccc1CCC(=O)Nc1nnc([C@@H]2CCCO2)s1. The first-order valence-corrected chi connectivity index (χ1v) is 8.44. The Kier molecular flexibility index (Phi) is 5.19. The van der Waals surface area contributed by atoms with E-state index in [0.29, 0.717) is 18.0 Å². The highest BCUT2D eigenvalue weighted by Crippen LogP contribution is 2.31. The molecule has 1 atom stereocenters. The van der Waals surface area contributed by atoms with Crippen molar-refractivity contribution in [1.82, 2.24) is 10.2 Å². The number of aryl methyl sites for hydroxylation is 1. The number of anilines is 1. The molecule has 0 radical (unpaired) electrons. The molecule has 1 saturated heterocycles. The number of hydrogen-bond donors (Lipinski definition) is 1. The van der Waals surface area contributed by atoms with E-state index < -0.39 is 0 Å². The van der Waals surface area contributed by atoms with Gasteiger partial charge in [0.1, 0.15) is 16.9 Å². The molecule has 1 N–H and O–H groups in total. The minimum Gasteiger partial charge on any atom is -0.496 e. The van der Waals surface area contributed by atoms with Crippen LogP contribution in [-0.4, -0.2) is 29.8 Å². The molecular formula is C16H19N3O3S. The maximum atomic E-state index is 12.1. The maximum absolute atomic E-state index is 12.1. The van der Waals surface area contributed by atoms with Crippen LogP contribution in [0.5, 0.6) is 5.75 Å². The number of ether oxygens (including phenoxy) is 2. The summed E-state index contributed by atoms with van der Waals surface area (Å²) in [5.41, 5.74) is 1.02. The fourth-order valence-electron chi connectivity index (χ4n) is 2.53. The maximum Gasteiger partial charge on any atom is 0.226 e. The number of aromatic nitrogens is 2. The summed E-state index contributed by atoms with van der Waals surface area (Å²) in [5, 5.41) is 12.3. The molecular weight excluding hydrogens is 314 g/mol. The van der Waals surface area contributed by atoms with E-state index in [2.05, 4.69) is 15.5 Å². The molecule has 0 aliphatic carbocycles. The van der Waals surface area contributed by atoms with Crippen molar-refractivity contribution in [3.05, 3.63) is 34.8 Å². The molecule has 1 aromatic carbocycles. The Hall–Kier alpha value is -1.99. The highest BCUT2D eigenvalue weighted by molar-refractivity contribution is 7.15. The van der Waals surface area contributed by atoms with Crippen molar-refractivity contribution in [2.24, 2.45) is 0 Å². The highest BCUT2D eigenvalue weighted by atomic mass is 32.1. The largest absolute Gasteiger partial charge is 0.496 e. The van der Waals surface area contributed by atoms with Crippen LogP contribution in [0.15, 0.2) is 24.3 Å². The summed E-state index contributed by atoms with van der Waals surface area (Å²) in [6, 6.07) is 7.71. The lowest BCUT2D eigenvalue weighted by molar-refractivity contribution is -0.116. The summed E-state index contributed by atoms with van der Waals surface area (Å²) in [6.07, 6.45) is 3.04. The van der Waals surface area contributed by atoms with Crippen molar-refractivity contribution in [2.75, 3.05) is 19.0 Å². The molecule has 3 rings (SSSR count). The van der Waals surface area contributed by atoms with Crippen LogP contribution in [0.25, 0.3) is 0 Å². The van der Waals surface area contributed by atoms with Gasteiger partial charge in [-0.3, -0.25) is 4.79 Å². The van der Waals surface area contributed by atoms with E-state index in [1.165, 1.54) is 11.3 Å². The first-order valence-electron chi connectivity index (χ1n) is 7.63. The van der Waals surface area contributed by atoms with Gasteiger partial charge in [-0.25, -0.2) is 0 Å². The Morgan fingerprint density at radius 3 is 3.09 bits per heavy atom. The Morgan fingerprint density at radius 1 is 1.43 bits per heavy atom. The van der Waals surface area contributed by atoms with Gasteiger partial charge >= 0.3 is 0 Å². The van der Waals surface area contributed by atoms with Crippen molar-refractivity contribution >= 4 is 22.4 Å². The molecule has 6 nitrogen and oxygen atoms in total. The number of rotatable bonds is 6. The molecule has 1 fully saturated rings. The molecule has 2 aromatic rings. The van der Waals surface area contributed by atoms with Crippen LogP contribution >= 0.6 is 11.3 Å². The molecule has 0 unspecified atom stereocenters. The minimum absolute atomic E-state index is 0.0340. The third-order valence-electron chi connectivity index (χ3n) is 3.71. The quantitative estimate of drug-likeness (QED) is 0.880. The van der Waals surface area contributed by atoms with E-state index in [9.17, 15) is 4.79 Å². The predicted octanol–water partition coefficient (Wildman–Crippen LogP) is 2.97. The molecule has 1 aliphatic rings. The van der Waals surface area contributed by atoms with Gasteiger partial charge in [0.15, 0.2) is 0 Å². The second-order valence-electron chi connectivity index (χ2n) is 5.31. The van der Waals surface area contributed by atoms with Crippen LogP contribution in [0.2, 0.25) is 0 Å². The number of carbonyl (C=O) groups is 1. The van der Waals surface area contributed by atoms with Gasteiger partial charge in [-0.05, 0) is 30.9 Å². The molecule has 0 spiro atoms. The second-order valence-corrected chi connectivity index (χ2v) is 6.32. The number of nitrogens with one attached hydrogen (secondary N) is 1. The van der Waals surface area contributed by atoms with Crippen LogP contribution in [0.4, 0.5) is 5.13 Å². The molecule has 122 valence electrons. The van der Waals surface area contributed by atoms with E-state index in [4.69, 9.17) is 9.47 Å². The lowest BCUT2D eigenvalue weighted by Gasteiger charge is -2.07. The van der Waals surface area contributed by atoms with Crippen LogP contribution in [-0.2, 0) is 16.0 Å². The summed E-state index contributed by atoms with van der Waals surface area (Å²) in [4.78, 5) is 12.1. The zero-order valence-corrected chi connectivity index (χ0v) is 13.8. The van der Waals surface area contributed by atoms with Crippen molar-refractivity contribution in [3.8, 4) is 5.75 Å². The molecule has 2 heterocycles. The molecule has 1 aromatic heterocycles. The van der Waals surface area contributed by atoms with Gasteiger partial charge in [-0.2, -0.15) is 0 Å². The Labute approximate surface area is 138 Å². The van der Waals surface area contributed by atoms with Gasteiger partial charge in [0, 0.05) is 13.0 Å². The van der Waals surface area contributed by atoms with Crippen molar-refractivity contribution in [2.45, 2.75) is 31.8 Å². The smallest absolute Gasteiger partial charge is 0.226 e. The summed E-state index contributed by atoms with van der Waals surface area (Å²) >= 11 is 1.38. The van der Waals surface area contributed by atoms with Crippen molar-refractivity contribution < 1.29 is 14.3 Å². The third kappa shape index (κ3) is 4.05. The first-order chi connectivity index (χ1) is 11.3. The fraction of sp³-hybridized carbons (Fsp3) is 0.438. The average molecular weight is 333 g/mol. The van der Waals surface area contributed by atoms with Crippen LogP contribution in [0, 0.1) is 0 Å².